The highest BCUT2D eigenvalue weighted by Crippen LogP contribution is 2.39. The predicted molar refractivity (Wildman–Crippen MR) is 144 cm³/mol. The summed E-state index contributed by atoms with van der Waals surface area (Å²) in [5, 5.41) is 7.73. The third kappa shape index (κ3) is 5.79. The lowest BCUT2D eigenvalue weighted by atomic mass is 10.0. The van der Waals surface area contributed by atoms with Crippen LogP contribution in [-0.2, 0) is 23.6 Å². The number of ether oxygens (including phenoxy) is 1. The van der Waals surface area contributed by atoms with Crippen LogP contribution in [0.2, 0.25) is 25.7 Å². The Labute approximate surface area is 237 Å². The molecule has 4 aromatic heterocycles. The molecule has 220 valence electrons. The topological polar surface area (TPSA) is 83.5 Å². The van der Waals surface area contributed by atoms with Crippen LogP contribution >= 0.6 is 0 Å². The van der Waals surface area contributed by atoms with Gasteiger partial charge in [-0.15, -0.1) is 10.2 Å². The number of hydrogen-bond acceptors (Lipinski definition) is 6. The molecular formula is C27H25F6N7OSi. The van der Waals surface area contributed by atoms with Gasteiger partial charge in [0.25, 0.3) is 5.92 Å². The Kier molecular flexibility index (Phi) is 7.66. The second kappa shape index (κ2) is 10.9. The SMILES string of the molecule is C[Si](C)(C)CCOCn1c(-c2nncn2-c2cnccc2C(F)(F)F)nc2c(F)cc(C(F)(F)c3ccncc3)cc21. The number of imidazole rings is 1. The van der Waals surface area contributed by atoms with Crippen LogP contribution in [0.1, 0.15) is 16.7 Å². The molecule has 0 spiro atoms. The second-order valence-electron chi connectivity index (χ2n) is 10.8. The molecule has 0 aliphatic carbocycles. The van der Waals surface area contributed by atoms with E-state index in [1.54, 1.807) is 0 Å². The first-order chi connectivity index (χ1) is 19.8. The van der Waals surface area contributed by atoms with E-state index < -0.39 is 48.4 Å². The average Bonchev–Trinajstić information content (AvgIpc) is 3.56. The fraction of sp³-hybridized carbons (Fsp3) is 0.296. The molecule has 0 unspecified atom stereocenters. The Morgan fingerprint density at radius 1 is 0.905 bits per heavy atom. The minimum atomic E-state index is -4.74. The number of pyridine rings is 2. The molecule has 0 amide bonds. The monoisotopic (exact) mass is 605 g/mol. The first-order valence-electron chi connectivity index (χ1n) is 12.8. The van der Waals surface area contributed by atoms with Crippen molar-refractivity contribution in [2.75, 3.05) is 6.61 Å². The number of benzene rings is 1. The van der Waals surface area contributed by atoms with Crippen molar-refractivity contribution >= 4 is 19.1 Å². The van der Waals surface area contributed by atoms with Crippen LogP contribution in [0.3, 0.4) is 0 Å². The Morgan fingerprint density at radius 3 is 2.31 bits per heavy atom. The van der Waals surface area contributed by atoms with Crippen molar-refractivity contribution in [3.8, 4) is 17.3 Å². The van der Waals surface area contributed by atoms with Crippen LogP contribution in [0.4, 0.5) is 26.3 Å². The Morgan fingerprint density at radius 2 is 1.62 bits per heavy atom. The molecule has 8 nitrogen and oxygen atoms in total. The fourth-order valence-electron chi connectivity index (χ4n) is 4.31. The zero-order valence-corrected chi connectivity index (χ0v) is 23.7. The van der Waals surface area contributed by atoms with Crippen LogP contribution in [0, 0.1) is 5.82 Å². The lowest BCUT2D eigenvalue weighted by Crippen LogP contribution is -2.22. The molecule has 1 aromatic carbocycles. The van der Waals surface area contributed by atoms with Gasteiger partial charge in [0.05, 0.1) is 23.0 Å². The van der Waals surface area contributed by atoms with E-state index in [9.17, 15) is 13.2 Å². The van der Waals surface area contributed by atoms with Crippen molar-refractivity contribution in [2.24, 2.45) is 0 Å². The van der Waals surface area contributed by atoms with Crippen LogP contribution in [0.15, 0.2) is 61.4 Å². The third-order valence-corrected chi connectivity index (χ3v) is 8.25. The van der Waals surface area contributed by atoms with Crippen molar-refractivity contribution in [1.29, 1.82) is 0 Å². The molecule has 5 aromatic rings. The van der Waals surface area contributed by atoms with Crippen LogP contribution in [0.25, 0.3) is 28.4 Å². The molecule has 0 saturated carbocycles. The number of rotatable bonds is 9. The Bertz CT molecular complexity index is 1710. The first-order valence-corrected chi connectivity index (χ1v) is 16.5. The number of alkyl halides is 5. The van der Waals surface area contributed by atoms with Gasteiger partial charge in [0.15, 0.2) is 11.6 Å². The van der Waals surface area contributed by atoms with Gasteiger partial charge in [0, 0.05) is 44.4 Å². The fourth-order valence-corrected chi connectivity index (χ4v) is 5.06. The van der Waals surface area contributed by atoms with Crippen molar-refractivity contribution in [2.45, 2.75) is 44.5 Å². The predicted octanol–water partition coefficient (Wildman–Crippen LogP) is 6.68. The lowest BCUT2D eigenvalue weighted by molar-refractivity contribution is -0.137. The standard InChI is InChI=1S/C27H25F6N7OSi/c1-42(2,3)11-10-41-16-40-21-13-18(26(29,30)17-4-7-34-8-5-17)12-20(28)23(21)37-24(40)25-38-36-15-39(25)22-14-35-9-6-19(22)27(31,32)33/h4-9,12-15H,10-11,16H2,1-3H3. The Balaban J connectivity index is 1.68. The molecule has 0 aliphatic rings. The van der Waals surface area contributed by atoms with Gasteiger partial charge in [-0.2, -0.15) is 22.0 Å². The third-order valence-electron chi connectivity index (χ3n) is 6.54. The van der Waals surface area contributed by atoms with E-state index in [2.05, 4.69) is 44.8 Å². The molecular weight excluding hydrogens is 580 g/mol. The maximum Gasteiger partial charge on any atom is 0.418 e. The summed E-state index contributed by atoms with van der Waals surface area (Å²) >= 11 is 0. The van der Waals surface area contributed by atoms with Gasteiger partial charge in [-0.3, -0.25) is 19.1 Å². The lowest BCUT2D eigenvalue weighted by Gasteiger charge is -2.18. The Hall–Kier alpha value is -4.11. The maximum atomic E-state index is 15.5. The average molecular weight is 606 g/mol. The molecule has 0 bridgehead atoms. The van der Waals surface area contributed by atoms with Gasteiger partial charge in [-0.25, -0.2) is 9.37 Å². The quantitative estimate of drug-likeness (QED) is 0.106. The van der Waals surface area contributed by atoms with Gasteiger partial charge in [-0.05, 0) is 36.4 Å². The number of aromatic nitrogens is 7. The van der Waals surface area contributed by atoms with Crippen molar-refractivity contribution in [3.05, 3.63) is 84.0 Å². The van der Waals surface area contributed by atoms with E-state index in [1.807, 2.05) is 0 Å². The number of nitrogens with zero attached hydrogens (tertiary/aromatic N) is 7. The molecule has 0 fully saturated rings. The van der Waals surface area contributed by atoms with E-state index >= 15 is 13.2 Å². The molecule has 0 N–H and O–H groups in total. The van der Waals surface area contributed by atoms with Gasteiger partial charge in [0.1, 0.15) is 18.6 Å². The van der Waals surface area contributed by atoms with E-state index in [-0.39, 0.29) is 29.4 Å². The van der Waals surface area contributed by atoms with E-state index in [0.717, 1.165) is 53.6 Å². The van der Waals surface area contributed by atoms with Gasteiger partial charge in [-0.1, -0.05) is 19.6 Å². The van der Waals surface area contributed by atoms with Crippen molar-refractivity contribution in [1.82, 2.24) is 34.3 Å². The van der Waals surface area contributed by atoms with E-state index in [0.29, 0.717) is 12.7 Å². The molecule has 0 atom stereocenters. The van der Waals surface area contributed by atoms with E-state index in [1.165, 1.54) is 17.0 Å². The summed E-state index contributed by atoms with van der Waals surface area (Å²) in [6.07, 6.45) is 0.690. The molecule has 4 heterocycles. The molecule has 0 aliphatic heterocycles. The largest absolute Gasteiger partial charge is 0.418 e. The number of halogens is 6. The minimum absolute atomic E-state index is 0.0569. The number of hydrogen-bond donors (Lipinski definition) is 0. The second-order valence-corrected chi connectivity index (χ2v) is 16.4. The molecule has 0 saturated heterocycles. The summed E-state index contributed by atoms with van der Waals surface area (Å²) < 4.78 is 96.1. The highest BCUT2D eigenvalue weighted by atomic mass is 28.3. The smallest absolute Gasteiger partial charge is 0.361 e. The molecule has 5 rings (SSSR count). The van der Waals surface area contributed by atoms with Crippen LogP contribution in [0.5, 0.6) is 0 Å². The van der Waals surface area contributed by atoms with Gasteiger partial charge in [0.2, 0.25) is 5.82 Å². The first kappa shape index (κ1) is 29.4. The summed E-state index contributed by atoms with van der Waals surface area (Å²) in [5.41, 5.74) is -2.80. The summed E-state index contributed by atoms with van der Waals surface area (Å²) in [7, 11) is -1.51. The maximum absolute atomic E-state index is 15.5. The minimum Gasteiger partial charge on any atom is -0.361 e. The normalized spacial score (nSPS) is 12.8. The highest BCUT2D eigenvalue weighted by Gasteiger charge is 2.37. The van der Waals surface area contributed by atoms with Crippen molar-refractivity contribution in [3.63, 3.8) is 0 Å². The highest BCUT2D eigenvalue weighted by molar-refractivity contribution is 6.76. The summed E-state index contributed by atoms with van der Waals surface area (Å²) in [6, 6.07) is 5.59. The summed E-state index contributed by atoms with van der Waals surface area (Å²) in [6.45, 7) is 6.49. The zero-order valence-electron chi connectivity index (χ0n) is 22.7. The molecule has 15 heteroatoms. The number of fused-ring (bicyclic) bond motifs is 1. The van der Waals surface area contributed by atoms with Crippen LogP contribution < -0.4 is 0 Å². The molecule has 42 heavy (non-hydrogen) atoms. The van der Waals surface area contributed by atoms with Gasteiger partial charge < -0.3 is 4.74 Å². The summed E-state index contributed by atoms with van der Waals surface area (Å²) in [4.78, 5) is 11.9. The van der Waals surface area contributed by atoms with Crippen LogP contribution in [-0.4, -0.2) is 49.0 Å². The summed E-state index contributed by atoms with van der Waals surface area (Å²) in [5.74, 6) is -4.97. The zero-order chi connectivity index (χ0) is 30.3. The van der Waals surface area contributed by atoms with Crippen molar-refractivity contribution < 1.29 is 31.1 Å². The van der Waals surface area contributed by atoms with Gasteiger partial charge >= 0.3 is 6.18 Å². The molecule has 0 radical (unpaired) electrons. The van der Waals surface area contributed by atoms with E-state index in [4.69, 9.17) is 4.74 Å².